The van der Waals surface area contributed by atoms with Crippen LogP contribution in [0.15, 0.2) is 16.7 Å². The Morgan fingerprint density at radius 1 is 1.31 bits per heavy atom. The monoisotopic (exact) mass is 410 g/mol. The van der Waals surface area contributed by atoms with Crippen molar-refractivity contribution in [1.82, 2.24) is 10.1 Å². The fourth-order valence-electron chi connectivity index (χ4n) is 3.39. The summed E-state index contributed by atoms with van der Waals surface area (Å²) in [5, 5.41) is 5.99. The Morgan fingerprint density at radius 2 is 2.00 bits per heavy atom. The zero-order valence-electron chi connectivity index (χ0n) is 17.1. The number of alkyl halides is 3. The van der Waals surface area contributed by atoms with Gasteiger partial charge in [0.05, 0.1) is 17.9 Å². The van der Waals surface area contributed by atoms with Gasteiger partial charge in [0, 0.05) is 24.9 Å². The number of carbonyl (C=O) groups excluding carboxylic acids is 1. The van der Waals surface area contributed by atoms with Gasteiger partial charge in [-0.15, -0.1) is 0 Å². The van der Waals surface area contributed by atoms with E-state index < -0.39 is 11.9 Å². The van der Waals surface area contributed by atoms with E-state index in [0.29, 0.717) is 18.8 Å². The van der Waals surface area contributed by atoms with Gasteiger partial charge in [0.25, 0.3) is 0 Å². The molecule has 0 spiro atoms. The van der Waals surface area contributed by atoms with Gasteiger partial charge in [0.2, 0.25) is 5.91 Å². The Labute approximate surface area is 167 Å². The van der Waals surface area contributed by atoms with Gasteiger partial charge in [0.15, 0.2) is 11.5 Å². The van der Waals surface area contributed by atoms with Gasteiger partial charge in [0.1, 0.15) is 5.82 Å². The van der Waals surface area contributed by atoms with Gasteiger partial charge < -0.3 is 14.7 Å². The minimum absolute atomic E-state index is 0.0638. The molecule has 29 heavy (non-hydrogen) atoms. The molecule has 1 aliphatic heterocycles. The summed E-state index contributed by atoms with van der Waals surface area (Å²) < 4.78 is 43.1. The molecule has 0 aliphatic carbocycles. The molecular formula is C20H25F3N4O2. The first kappa shape index (κ1) is 21.1. The summed E-state index contributed by atoms with van der Waals surface area (Å²) >= 11 is 0. The first-order valence-electron chi connectivity index (χ1n) is 9.42. The highest BCUT2D eigenvalue weighted by Gasteiger charge is 2.36. The summed E-state index contributed by atoms with van der Waals surface area (Å²) in [7, 11) is 0. The summed E-state index contributed by atoms with van der Waals surface area (Å²) in [6.45, 7) is 10.6. The molecule has 2 aromatic heterocycles. The van der Waals surface area contributed by atoms with Gasteiger partial charge in [-0.05, 0) is 24.0 Å². The third-order valence-electron chi connectivity index (χ3n) is 4.67. The second-order valence-electron chi connectivity index (χ2n) is 8.80. The molecule has 0 bridgehead atoms. The van der Waals surface area contributed by atoms with Crippen molar-refractivity contribution in [2.45, 2.75) is 59.7 Å². The maximum Gasteiger partial charge on any atom is 0.436 e. The molecule has 1 atom stereocenters. The lowest BCUT2D eigenvalue weighted by atomic mass is 9.92. The smallest absolute Gasteiger partial charge is 0.362 e. The third-order valence-corrected chi connectivity index (χ3v) is 4.67. The lowest BCUT2D eigenvalue weighted by molar-refractivity contribution is -0.142. The number of aromatic nitrogens is 2. The van der Waals surface area contributed by atoms with Crippen LogP contribution in [-0.4, -0.2) is 22.6 Å². The van der Waals surface area contributed by atoms with E-state index in [4.69, 9.17) is 4.52 Å². The Bertz CT molecular complexity index is 915. The second-order valence-corrected chi connectivity index (χ2v) is 8.80. The number of hydrogen-bond acceptors (Lipinski definition) is 5. The molecule has 0 saturated carbocycles. The fourth-order valence-corrected chi connectivity index (χ4v) is 3.39. The summed E-state index contributed by atoms with van der Waals surface area (Å²) in [6.07, 6.45) is -4.16. The number of pyridine rings is 1. The van der Waals surface area contributed by atoms with Gasteiger partial charge in [-0.25, -0.2) is 4.98 Å². The predicted molar refractivity (Wildman–Crippen MR) is 103 cm³/mol. The summed E-state index contributed by atoms with van der Waals surface area (Å²) in [5.74, 6) is 0.620. The summed E-state index contributed by atoms with van der Waals surface area (Å²) in [6, 6.07) is 2.82. The molecule has 3 heterocycles. The quantitative estimate of drug-likeness (QED) is 0.777. The number of rotatable bonds is 4. The van der Waals surface area contributed by atoms with Crippen LogP contribution in [0.3, 0.4) is 0 Å². The summed E-state index contributed by atoms with van der Waals surface area (Å²) in [4.78, 5) is 18.8. The van der Waals surface area contributed by atoms with E-state index in [1.807, 2.05) is 45.6 Å². The van der Waals surface area contributed by atoms with Gasteiger partial charge >= 0.3 is 6.18 Å². The molecule has 9 heteroatoms. The van der Waals surface area contributed by atoms with Crippen LogP contribution >= 0.6 is 0 Å². The van der Waals surface area contributed by atoms with Crippen molar-refractivity contribution in [2.75, 3.05) is 16.8 Å². The number of nitrogens with one attached hydrogen (secondary N) is 1. The second kappa shape index (κ2) is 7.35. The van der Waals surface area contributed by atoms with Crippen LogP contribution in [0.25, 0.3) is 0 Å². The Hall–Kier alpha value is -2.58. The van der Waals surface area contributed by atoms with Gasteiger partial charge in [-0.1, -0.05) is 32.9 Å². The first-order chi connectivity index (χ1) is 13.3. The van der Waals surface area contributed by atoms with Gasteiger partial charge in [-0.2, -0.15) is 13.2 Å². The number of carbonyl (C=O) groups is 1. The maximum atomic E-state index is 12.7. The number of amides is 1. The first-order valence-corrected chi connectivity index (χ1v) is 9.42. The van der Waals surface area contributed by atoms with Crippen molar-refractivity contribution in [3.05, 3.63) is 34.8 Å². The molecule has 0 radical (unpaired) electrons. The fraction of sp³-hybridized carbons (Fsp3) is 0.550. The molecule has 3 rings (SSSR count). The van der Waals surface area contributed by atoms with Crippen molar-refractivity contribution in [3.63, 3.8) is 0 Å². The van der Waals surface area contributed by atoms with Crippen LogP contribution in [0, 0.1) is 12.3 Å². The highest BCUT2D eigenvalue weighted by Crippen LogP contribution is 2.38. The molecule has 0 unspecified atom stereocenters. The summed E-state index contributed by atoms with van der Waals surface area (Å²) in [5.41, 5.74) is 1.25. The van der Waals surface area contributed by atoms with E-state index in [-0.39, 0.29) is 29.5 Å². The van der Waals surface area contributed by atoms with Crippen LogP contribution in [0.1, 0.15) is 62.7 Å². The topological polar surface area (TPSA) is 71.3 Å². The SMILES string of the molecule is Cc1cc2c(nc1NC(=O)CC(C)(C)C)[C@@H](C)CN2Cc1cc(C(F)(F)F)no1. The standard InChI is InChI=1S/C20H25F3N4O2/c1-11-6-14-17(25-18(11)24-16(28)8-19(3,4)5)12(2)9-27(14)10-13-7-15(26-29-13)20(21,22)23/h6-7,12H,8-10H2,1-5H3,(H,24,25,28)/t12-/m0/s1. The van der Waals surface area contributed by atoms with Crippen molar-refractivity contribution in [3.8, 4) is 0 Å². The molecule has 1 N–H and O–H groups in total. The number of hydrogen-bond donors (Lipinski definition) is 1. The molecule has 158 valence electrons. The van der Waals surface area contributed by atoms with E-state index >= 15 is 0 Å². The van der Waals surface area contributed by atoms with E-state index in [2.05, 4.69) is 15.5 Å². The molecule has 6 nitrogen and oxygen atoms in total. The Kier molecular flexibility index (Phi) is 5.36. The molecule has 0 aromatic carbocycles. The Balaban J connectivity index is 1.80. The molecule has 0 fully saturated rings. The van der Waals surface area contributed by atoms with Crippen LogP contribution in [0.5, 0.6) is 0 Å². The van der Waals surface area contributed by atoms with Crippen LogP contribution in [0.4, 0.5) is 24.7 Å². The number of nitrogens with zero attached hydrogens (tertiary/aromatic N) is 3. The van der Waals surface area contributed by atoms with Crippen LogP contribution in [-0.2, 0) is 17.5 Å². The highest BCUT2D eigenvalue weighted by molar-refractivity contribution is 5.91. The molecular weight excluding hydrogens is 385 g/mol. The minimum atomic E-state index is -4.53. The zero-order chi connectivity index (χ0) is 21.6. The van der Waals surface area contributed by atoms with Crippen molar-refractivity contribution < 1.29 is 22.5 Å². The van der Waals surface area contributed by atoms with E-state index in [1.54, 1.807) is 0 Å². The third kappa shape index (κ3) is 4.89. The largest absolute Gasteiger partial charge is 0.436 e. The Morgan fingerprint density at radius 3 is 2.59 bits per heavy atom. The normalized spacial score (nSPS) is 16.8. The average Bonchev–Trinajstić information content (AvgIpc) is 3.12. The van der Waals surface area contributed by atoms with Crippen LogP contribution < -0.4 is 10.2 Å². The molecule has 1 aliphatic rings. The number of aryl methyl sites for hydroxylation is 1. The lowest BCUT2D eigenvalue weighted by Crippen LogP contribution is -2.21. The van der Waals surface area contributed by atoms with Gasteiger partial charge in [-0.3, -0.25) is 4.79 Å². The van der Waals surface area contributed by atoms with E-state index in [9.17, 15) is 18.0 Å². The highest BCUT2D eigenvalue weighted by atomic mass is 19.4. The van der Waals surface area contributed by atoms with Crippen molar-refractivity contribution >= 4 is 17.4 Å². The predicted octanol–water partition coefficient (Wildman–Crippen LogP) is 4.90. The molecule has 0 saturated heterocycles. The number of fused-ring (bicyclic) bond motifs is 1. The molecule has 1 amide bonds. The maximum absolute atomic E-state index is 12.7. The minimum Gasteiger partial charge on any atom is -0.362 e. The zero-order valence-corrected chi connectivity index (χ0v) is 17.1. The van der Waals surface area contributed by atoms with E-state index in [1.165, 1.54) is 0 Å². The van der Waals surface area contributed by atoms with Crippen molar-refractivity contribution in [1.29, 1.82) is 0 Å². The lowest BCUT2D eigenvalue weighted by Gasteiger charge is -2.19. The molecule has 2 aromatic rings. The van der Waals surface area contributed by atoms with E-state index in [0.717, 1.165) is 23.0 Å². The number of anilines is 2. The van der Waals surface area contributed by atoms with Crippen LogP contribution in [0.2, 0.25) is 0 Å². The number of halogens is 3. The van der Waals surface area contributed by atoms with Crippen molar-refractivity contribution in [2.24, 2.45) is 5.41 Å². The average molecular weight is 410 g/mol.